The van der Waals surface area contributed by atoms with Gasteiger partial charge < -0.3 is 9.47 Å². The van der Waals surface area contributed by atoms with Crippen molar-refractivity contribution in [3.63, 3.8) is 0 Å². The van der Waals surface area contributed by atoms with E-state index in [9.17, 15) is 4.79 Å². The molecule has 162 valence electrons. The predicted octanol–water partition coefficient (Wildman–Crippen LogP) is 6.07. The van der Waals surface area contributed by atoms with Crippen LogP contribution in [0.1, 0.15) is 29.3 Å². The summed E-state index contributed by atoms with van der Waals surface area (Å²) < 4.78 is 2.32. The molecular weight excluding hydrogens is 406 g/mol. The zero-order chi connectivity index (χ0) is 22.4. The highest BCUT2D eigenvalue weighted by molar-refractivity contribution is 5.97. The van der Waals surface area contributed by atoms with Gasteiger partial charge >= 0.3 is 0 Å². The summed E-state index contributed by atoms with van der Waals surface area (Å²) in [5.74, 6) is 1.21. The van der Waals surface area contributed by atoms with Crippen LogP contribution in [0.2, 0.25) is 0 Å². The summed E-state index contributed by atoms with van der Waals surface area (Å²) in [7, 11) is 0. The molecule has 33 heavy (non-hydrogen) atoms. The van der Waals surface area contributed by atoms with Crippen molar-refractivity contribution in [1.82, 2.24) is 9.55 Å². The van der Waals surface area contributed by atoms with Crippen molar-refractivity contribution in [1.29, 1.82) is 0 Å². The Hall–Kier alpha value is -3.92. The highest BCUT2D eigenvalue weighted by Gasteiger charge is 2.35. The second-order valence-corrected chi connectivity index (χ2v) is 8.88. The predicted molar refractivity (Wildman–Crippen MR) is 134 cm³/mol. The maximum absolute atomic E-state index is 13.1. The molecule has 4 nitrogen and oxygen atoms in total. The Balaban J connectivity index is 1.43. The molecule has 4 heteroatoms. The van der Waals surface area contributed by atoms with Crippen molar-refractivity contribution < 1.29 is 4.79 Å². The molecule has 2 heterocycles. The van der Waals surface area contributed by atoms with Crippen LogP contribution in [0, 0.1) is 6.92 Å². The quantitative estimate of drug-likeness (QED) is 0.347. The van der Waals surface area contributed by atoms with Crippen molar-refractivity contribution in [2.24, 2.45) is 0 Å². The van der Waals surface area contributed by atoms with Gasteiger partial charge in [0.25, 0.3) is 0 Å². The van der Waals surface area contributed by atoms with Gasteiger partial charge in [0.2, 0.25) is 5.91 Å². The molecule has 1 amide bonds. The average Bonchev–Trinajstić information content (AvgIpc) is 3.40. The van der Waals surface area contributed by atoms with Gasteiger partial charge in [-0.2, -0.15) is 0 Å². The lowest BCUT2D eigenvalue weighted by Crippen LogP contribution is -2.25. The standard InChI is InChI=1S/C29H25N3O/c1-20-9-2-6-15-26(20)31-19-23(17-28(31)33)29-30-25-14-5-7-16-27(25)32(29)18-22-12-8-11-21-10-3-4-13-24(21)22/h2-16,23H,17-19H2,1H3. The zero-order valence-electron chi connectivity index (χ0n) is 18.6. The average molecular weight is 432 g/mol. The van der Waals surface area contributed by atoms with Crippen molar-refractivity contribution in [3.05, 3.63) is 108 Å². The topological polar surface area (TPSA) is 38.1 Å². The van der Waals surface area contributed by atoms with Crippen molar-refractivity contribution in [2.45, 2.75) is 25.8 Å². The molecule has 6 rings (SSSR count). The molecule has 1 aromatic heterocycles. The zero-order valence-corrected chi connectivity index (χ0v) is 18.6. The molecule has 0 spiro atoms. The molecule has 5 aromatic rings. The van der Waals surface area contributed by atoms with Gasteiger partial charge in [-0.1, -0.05) is 72.8 Å². The van der Waals surface area contributed by atoms with Crippen molar-refractivity contribution >= 4 is 33.4 Å². The number of para-hydroxylation sites is 3. The summed E-state index contributed by atoms with van der Waals surface area (Å²) in [5, 5.41) is 2.50. The Labute approximate surface area is 193 Å². The number of aromatic nitrogens is 2. The fourth-order valence-electron chi connectivity index (χ4n) is 5.15. The molecule has 1 fully saturated rings. The maximum atomic E-state index is 13.1. The smallest absolute Gasteiger partial charge is 0.227 e. The third kappa shape index (κ3) is 3.39. The van der Waals surface area contributed by atoms with Gasteiger partial charge in [0.15, 0.2) is 0 Å². The number of imidazole rings is 1. The van der Waals surface area contributed by atoms with Gasteiger partial charge in [-0.15, -0.1) is 0 Å². The van der Waals surface area contributed by atoms with Crippen LogP contribution in [0.5, 0.6) is 0 Å². The lowest BCUT2D eigenvalue weighted by Gasteiger charge is -2.19. The fourth-order valence-corrected chi connectivity index (χ4v) is 5.15. The van der Waals surface area contributed by atoms with E-state index in [1.54, 1.807) is 0 Å². The first-order chi connectivity index (χ1) is 16.2. The van der Waals surface area contributed by atoms with E-state index < -0.39 is 0 Å². The summed E-state index contributed by atoms with van der Waals surface area (Å²) in [6, 6.07) is 31.4. The largest absolute Gasteiger partial charge is 0.323 e. The molecule has 1 saturated heterocycles. The third-order valence-corrected chi connectivity index (χ3v) is 6.79. The minimum absolute atomic E-state index is 0.0551. The number of fused-ring (bicyclic) bond motifs is 2. The van der Waals surface area contributed by atoms with Gasteiger partial charge in [-0.3, -0.25) is 4.79 Å². The lowest BCUT2D eigenvalue weighted by atomic mass is 10.0. The highest BCUT2D eigenvalue weighted by Crippen LogP contribution is 2.35. The van der Waals surface area contributed by atoms with E-state index in [1.165, 1.54) is 16.3 Å². The molecule has 4 aromatic carbocycles. The van der Waals surface area contributed by atoms with E-state index in [4.69, 9.17) is 4.98 Å². The molecule has 0 saturated carbocycles. The van der Waals surface area contributed by atoms with Gasteiger partial charge in [0.1, 0.15) is 5.82 Å². The number of carbonyl (C=O) groups is 1. The Morgan fingerprint density at radius 2 is 1.64 bits per heavy atom. The van der Waals surface area contributed by atoms with Crippen LogP contribution < -0.4 is 4.90 Å². The first-order valence-electron chi connectivity index (χ1n) is 11.5. The van der Waals surface area contributed by atoms with E-state index >= 15 is 0 Å². The van der Waals surface area contributed by atoms with Crippen LogP contribution in [-0.2, 0) is 11.3 Å². The summed E-state index contributed by atoms with van der Waals surface area (Å²) >= 11 is 0. The minimum Gasteiger partial charge on any atom is -0.323 e. The molecule has 1 atom stereocenters. The summed E-state index contributed by atoms with van der Waals surface area (Å²) in [6.07, 6.45) is 0.479. The first-order valence-corrected chi connectivity index (χ1v) is 11.5. The highest BCUT2D eigenvalue weighted by atomic mass is 16.2. The molecule has 0 radical (unpaired) electrons. The summed E-state index contributed by atoms with van der Waals surface area (Å²) in [5.41, 5.74) is 5.48. The SMILES string of the molecule is Cc1ccccc1N1CC(c2nc3ccccc3n2Cc2cccc3ccccc23)CC1=O. The van der Waals surface area contributed by atoms with E-state index in [0.29, 0.717) is 13.0 Å². The number of anilines is 1. The molecular formula is C29H25N3O. The molecule has 1 aliphatic heterocycles. The Kier molecular flexibility index (Phi) is 4.72. The minimum atomic E-state index is 0.0551. The van der Waals surface area contributed by atoms with E-state index in [2.05, 4.69) is 78.2 Å². The first kappa shape index (κ1) is 19.7. The Bertz CT molecular complexity index is 1490. The number of hydrogen-bond donors (Lipinski definition) is 0. The second kappa shape index (κ2) is 7.89. The number of nitrogens with zero attached hydrogens (tertiary/aromatic N) is 3. The maximum Gasteiger partial charge on any atom is 0.227 e. The van der Waals surface area contributed by atoms with Crippen LogP contribution in [0.4, 0.5) is 5.69 Å². The number of benzene rings is 4. The van der Waals surface area contributed by atoms with Gasteiger partial charge in [0.05, 0.1) is 11.0 Å². The molecule has 1 aliphatic rings. The van der Waals surface area contributed by atoms with Gasteiger partial charge in [-0.25, -0.2) is 4.98 Å². The van der Waals surface area contributed by atoms with Crippen LogP contribution in [0.3, 0.4) is 0 Å². The van der Waals surface area contributed by atoms with Crippen LogP contribution >= 0.6 is 0 Å². The monoisotopic (exact) mass is 431 g/mol. The molecule has 1 unspecified atom stereocenters. The van der Waals surface area contributed by atoms with E-state index in [0.717, 1.165) is 34.7 Å². The number of carbonyl (C=O) groups excluding carboxylic acids is 1. The van der Waals surface area contributed by atoms with Gasteiger partial charge in [-0.05, 0) is 47.0 Å². The number of rotatable bonds is 4. The second-order valence-electron chi connectivity index (χ2n) is 8.88. The van der Waals surface area contributed by atoms with Crippen LogP contribution in [-0.4, -0.2) is 22.0 Å². The number of hydrogen-bond acceptors (Lipinski definition) is 2. The summed E-state index contributed by atoms with van der Waals surface area (Å²) in [4.78, 5) is 20.0. The summed E-state index contributed by atoms with van der Waals surface area (Å²) in [6.45, 7) is 3.44. The Morgan fingerprint density at radius 1 is 0.879 bits per heavy atom. The van der Waals surface area contributed by atoms with Crippen molar-refractivity contribution in [3.8, 4) is 0 Å². The van der Waals surface area contributed by atoms with Gasteiger partial charge in [0, 0.05) is 31.1 Å². The molecule has 0 N–H and O–H groups in total. The van der Waals surface area contributed by atoms with Crippen LogP contribution in [0.15, 0.2) is 91.0 Å². The van der Waals surface area contributed by atoms with E-state index in [1.807, 2.05) is 29.2 Å². The lowest BCUT2D eigenvalue weighted by molar-refractivity contribution is -0.117. The number of aryl methyl sites for hydroxylation is 1. The van der Waals surface area contributed by atoms with E-state index in [-0.39, 0.29) is 11.8 Å². The van der Waals surface area contributed by atoms with Crippen molar-refractivity contribution in [2.75, 3.05) is 11.4 Å². The van der Waals surface area contributed by atoms with Crippen LogP contribution in [0.25, 0.3) is 21.8 Å². The third-order valence-electron chi connectivity index (χ3n) is 6.79. The number of amides is 1. The molecule has 0 aliphatic carbocycles. The fraction of sp³-hybridized carbons (Fsp3) is 0.172. The normalized spacial score (nSPS) is 16.2. The molecule has 0 bridgehead atoms. The Morgan fingerprint density at radius 3 is 2.55 bits per heavy atom.